The van der Waals surface area contributed by atoms with Crippen LogP contribution in [-0.4, -0.2) is 39.1 Å². The molecule has 1 unspecified atom stereocenters. The SMILES string of the molecule is O=C1CN(c2c(O)cc(C3(C4CCNC4)CC3)cc2F)S(=O)(=O)N1. The van der Waals surface area contributed by atoms with Gasteiger partial charge in [-0.2, -0.15) is 8.42 Å². The highest BCUT2D eigenvalue weighted by atomic mass is 32.2. The number of nitrogens with one attached hydrogen (secondary N) is 2. The molecule has 1 atom stereocenters. The Morgan fingerprint density at radius 3 is 2.58 bits per heavy atom. The number of phenols is 1. The van der Waals surface area contributed by atoms with Gasteiger partial charge >= 0.3 is 10.2 Å². The number of nitrogens with zero attached hydrogens (tertiary/aromatic N) is 1. The first kappa shape index (κ1) is 15.6. The molecule has 3 aliphatic rings. The first-order chi connectivity index (χ1) is 11.3. The summed E-state index contributed by atoms with van der Waals surface area (Å²) in [6.45, 7) is 1.26. The van der Waals surface area contributed by atoms with Crippen molar-refractivity contribution in [1.29, 1.82) is 0 Å². The van der Waals surface area contributed by atoms with Crippen LogP contribution in [0.2, 0.25) is 0 Å². The quantitative estimate of drug-likeness (QED) is 0.727. The van der Waals surface area contributed by atoms with Gasteiger partial charge in [-0.1, -0.05) is 0 Å². The summed E-state index contributed by atoms with van der Waals surface area (Å²) in [4.78, 5) is 11.3. The standard InChI is InChI=1S/C15H18FN3O4S/c16-11-5-10(15(2-3-15)9-1-4-17-7-9)6-12(20)14(11)19-8-13(21)18-24(19,22)23/h5-6,9,17,20H,1-4,7-8H2,(H,18,21). The zero-order valence-corrected chi connectivity index (χ0v) is 13.7. The average Bonchev–Trinajstić information content (AvgIpc) is 3.01. The summed E-state index contributed by atoms with van der Waals surface area (Å²) in [5.41, 5.74) is 0.0847. The van der Waals surface area contributed by atoms with Gasteiger partial charge in [0.15, 0.2) is 5.82 Å². The smallest absolute Gasteiger partial charge is 0.326 e. The van der Waals surface area contributed by atoms with Crippen LogP contribution in [-0.2, 0) is 20.4 Å². The van der Waals surface area contributed by atoms with Crippen molar-refractivity contribution >= 4 is 21.8 Å². The number of anilines is 1. The molecule has 1 aromatic carbocycles. The third kappa shape index (κ3) is 2.26. The van der Waals surface area contributed by atoms with Gasteiger partial charge in [0.05, 0.1) is 0 Å². The maximum atomic E-state index is 14.7. The third-order valence-electron chi connectivity index (χ3n) is 5.32. The van der Waals surface area contributed by atoms with Gasteiger partial charge in [0.1, 0.15) is 18.0 Å². The lowest BCUT2D eigenvalue weighted by atomic mass is 9.82. The summed E-state index contributed by atoms with van der Waals surface area (Å²) in [6, 6.07) is 2.75. The summed E-state index contributed by atoms with van der Waals surface area (Å²) >= 11 is 0. The summed E-state index contributed by atoms with van der Waals surface area (Å²) in [7, 11) is -4.16. The lowest BCUT2D eigenvalue weighted by Gasteiger charge is -2.25. The summed E-state index contributed by atoms with van der Waals surface area (Å²) in [5.74, 6) is -1.65. The van der Waals surface area contributed by atoms with Gasteiger partial charge in [0.2, 0.25) is 0 Å². The van der Waals surface area contributed by atoms with Crippen LogP contribution >= 0.6 is 0 Å². The van der Waals surface area contributed by atoms with Crippen molar-refractivity contribution in [3.63, 3.8) is 0 Å². The minimum atomic E-state index is -4.16. The topological polar surface area (TPSA) is 98.7 Å². The minimum absolute atomic E-state index is 0.141. The van der Waals surface area contributed by atoms with E-state index >= 15 is 0 Å². The molecule has 1 amide bonds. The van der Waals surface area contributed by atoms with Gasteiger partial charge in [-0.25, -0.2) is 13.4 Å². The fourth-order valence-electron chi connectivity index (χ4n) is 3.96. The van der Waals surface area contributed by atoms with E-state index in [9.17, 15) is 22.7 Å². The molecule has 2 saturated heterocycles. The van der Waals surface area contributed by atoms with Crippen molar-refractivity contribution in [2.75, 3.05) is 23.9 Å². The number of hydrogen-bond acceptors (Lipinski definition) is 5. The summed E-state index contributed by atoms with van der Waals surface area (Å²) < 4.78 is 40.8. The number of benzene rings is 1. The molecular weight excluding hydrogens is 337 g/mol. The molecule has 0 radical (unpaired) electrons. The van der Waals surface area contributed by atoms with Crippen molar-refractivity contribution < 1.29 is 22.7 Å². The molecule has 9 heteroatoms. The molecular formula is C15H18FN3O4S. The predicted molar refractivity (Wildman–Crippen MR) is 84.4 cm³/mol. The van der Waals surface area contributed by atoms with Crippen LogP contribution in [0.1, 0.15) is 24.8 Å². The Hall–Kier alpha value is -1.87. The van der Waals surface area contributed by atoms with Gasteiger partial charge < -0.3 is 10.4 Å². The van der Waals surface area contributed by atoms with Crippen LogP contribution < -0.4 is 14.3 Å². The zero-order valence-electron chi connectivity index (χ0n) is 12.9. The second kappa shape index (κ2) is 5.06. The highest BCUT2D eigenvalue weighted by Crippen LogP contribution is 2.56. The Bertz CT molecular complexity index is 793. The molecule has 1 saturated carbocycles. The molecule has 4 rings (SSSR count). The maximum absolute atomic E-state index is 14.7. The second-order valence-corrected chi connectivity index (χ2v) is 8.30. The van der Waals surface area contributed by atoms with Crippen molar-refractivity contribution in [2.45, 2.75) is 24.7 Å². The molecule has 1 aliphatic carbocycles. The highest BCUT2D eigenvalue weighted by Gasteiger charge is 2.51. The highest BCUT2D eigenvalue weighted by molar-refractivity contribution is 7.92. The number of aromatic hydroxyl groups is 1. The van der Waals surface area contributed by atoms with Crippen molar-refractivity contribution in [3.8, 4) is 5.75 Å². The normalized spacial score (nSPS) is 27.3. The van der Waals surface area contributed by atoms with Crippen LogP contribution in [0.5, 0.6) is 5.75 Å². The zero-order chi connectivity index (χ0) is 17.1. The van der Waals surface area contributed by atoms with Crippen LogP contribution in [0, 0.1) is 11.7 Å². The maximum Gasteiger partial charge on any atom is 0.326 e. The number of carbonyl (C=O) groups is 1. The lowest BCUT2D eigenvalue weighted by Crippen LogP contribution is -2.30. The Morgan fingerprint density at radius 1 is 1.33 bits per heavy atom. The summed E-state index contributed by atoms with van der Waals surface area (Å²) in [5, 5.41) is 13.6. The van der Waals surface area contributed by atoms with Gasteiger partial charge in [-0.15, -0.1) is 0 Å². The van der Waals surface area contributed by atoms with Crippen molar-refractivity contribution in [3.05, 3.63) is 23.5 Å². The van der Waals surface area contributed by atoms with E-state index in [4.69, 9.17) is 0 Å². The van der Waals surface area contributed by atoms with Gasteiger partial charge in [0, 0.05) is 0 Å². The van der Waals surface area contributed by atoms with E-state index in [1.54, 1.807) is 4.72 Å². The Morgan fingerprint density at radius 2 is 2.08 bits per heavy atom. The molecule has 0 bridgehead atoms. The first-order valence-corrected chi connectivity index (χ1v) is 9.34. The van der Waals surface area contributed by atoms with E-state index < -0.39 is 39.9 Å². The summed E-state index contributed by atoms with van der Waals surface area (Å²) in [6.07, 6.45) is 2.86. The lowest BCUT2D eigenvalue weighted by molar-refractivity contribution is -0.117. The average molecular weight is 355 g/mol. The number of halogens is 1. The van der Waals surface area contributed by atoms with E-state index in [2.05, 4.69) is 5.32 Å². The van der Waals surface area contributed by atoms with Crippen molar-refractivity contribution in [2.24, 2.45) is 5.92 Å². The van der Waals surface area contributed by atoms with Crippen LogP contribution in [0.25, 0.3) is 0 Å². The molecule has 2 aliphatic heterocycles. The van der Waals surface area contributed by atoms with Crippen molar-refractivity contribution in [1.82, 2.24) is 10.0 Å². The predicted octanol–water partition coefficient (Wildman–Crippen LogP) is 0.353. The largest absolute Gasteiger partial charge is 0.506 e. The van der Waals surface area contributed by atoms with E-state index in [1.165, 1.54) is 12.1 Å². The van der Waals surface area contributed by atoms with Gasteiger partial charge in [-0.05, 0) is 61.4 Å². The first-order valence-electron chi connectivity index (χ1n) is 7.90. The number of hydrogen-bond donors (Lipinski definition) is 3. The Kier molecular flexibility index (Phi) is 3.30. The fourth-order valence-corrected chi connectivity index (χ4v) is 5.13. The number of amides is 1. The third-order valence-corrected chi connectivity index (χ3v) is 6.70. The van der Waals surface area contributed by atoms with E-state index in [-0.39, 0.29) is 5.41 Å². The van der Waals surface area contributed by atoms with E-state index in [0.717, 1.165) is 32.4 Å². The molecule has 24 heavy (non-hydrogen) atoms. The number of rotatable bonds is 3. The Labute approximate surface area is 139 Å². The molecule has 7 nitrogen and oxygen atoms in total. The van der Waals surface area contributed by atoms with E-state index in [0.29, 0.717) is 15.8 Å². The Balaban J connectivity index is 1.74. The number of phenolic OH excluding ortho intramolecular Hbond substituents is 1. The molecule has 1 aromatic rings. The molecule has 3 N–H and O–H groups in total. The molecule has 0 spiro atoms. The van der Waals surface area contributed by atoms with Gasteiger partial charge in [-0.3, -0.25) is 4.79 Å². The second-order valence-electron chi connectivity index (χ2n) is 6.71. The molecule has 2 heterocycles. The molecule has 3 fully saturated rings. The van der Waals surface area contributed by atoms with Gasteiger partial charge in [0.25, 0.3) is 5.91 Å². The van der Waals surface area contributed by atoms with Crippen LogP contribution in [0.3, 0.4) is 0 Å². The number of carbonyl (C=O) groups excluding carboxylic acids is 1. The van der Waals surface area contributed by atoms with Crippen LogP contribution in [0.4, 0.5) is 10.1 Å². The van der Waals surface area contributed by atoms with E-state index in [1.807, 2.05) is 0 Å². The fraction of sp³-hybridized carbons (Fsp3) is 0.533. The monoisotopic (exact) mass is 355 g/mol. The molecule has 0 aromatic heterocycles. The van der Waals surface area contributed by atoms with Crippen LogP contribution in [0.15, 0.2) is 12.1 Å². The minimum Gasteiger partial charge on any atom is -0.506 e. The molecule has 130 valence electrons.